The van der Waals surface area contributed by atoms with Crippen molar-refractivity contribution in [2.75, 3.05) is 0 Å². The number of fused-ring (bicyclic) bond motifs is 1. The highest BCUT2D eigenvalue weighted by atomic mass is 19.1. The summed E-state index contributed by atoms with van der Waals surface area (Å²) in [5.41, 5.74) is 3.62. The molecular formula is C19H21FO. The van der Waals surface area contributed by atoms with Crippen molar-refractivity contribution in [3.05, 3.63) is 70.5 Å². The van der Waals surface area contributed by atoms with Gasteiger partial charge in [0, 0.05) is 6.42 Å². The molecule has 0 bridgehead atoms. The lowest BCUT2D eigenvalue weighted by Gasteiger charge is -2.28. The smallest absolute Gasteiger partial charge is 0.123 e. The molecule has 0 amide bonds. The maximum atomic E-state index is 13.4. The zero-order chi connectivity index (χ0) is 14.9. The molecule has 3 rings (SSSR count). The van der Waals surface area contributed by atoms with Crippen LogP contribution in [0, 0.1) is 5.82 Å². The third kappa shape index (κ3) is 2.86. The van der Waals surface area contributed by atoms with Crippen LogP contribution in [0.25, 0.3) is 0 Å². The zero-order valence-electron chi connectivity index (χ0n) is 12.4. The molecule has 0 aromatic heterocycles. The molecule has 0 fully saturated rings. The molecule has 0 saturated heterocycles. The Morgan fingerprint density at radius 1 is 1.10 bits per heavy atom. The Morgan fingerprint density at radius 3 is 2.67 bits per heavy atom. The van der Waals surface area contributed by atoms with E-state index in [1.165, 1.54) is 29.7 Å². The standard InChI is InChI=1S/C19H21FO/c1-2-19(21,17-7-4-8-18(20)12-17)13-14-9-10-15-5-3-6-16(15)11-14/h4,7-12,21H,2-3,5-6,13H2,1H3. The molecular weight excluding hydrogens is 263 g/mol. The molecule has 0 saturated carbocycles. The SMILES string of the molecule is CCC(O)(Cc1ccc2c(c1)CCC2)c1cccc(F)c1. The minimum atomic E-state index is -1.01. The normalized spacial score (nSPS) is 16.5. The fourth-order valence-electron chi connectivity index (χ4n) is 3.28. The van der Waals surface area contributed by atoms with Crippen molar-refractivity contribution < 1.29 is 9.50 Å². The summed E-state index contributed by atoms with van der Waals surface area (Å²) < 4.78 is 13.4. The van der Waals surface area contributed by atoms with E-state index in [2.05, 4.69) is 18.2 Å². The molecule has 110 valence electrons. The van der Waals surface area contributed by atoms with Gasteiger partial charge in [-0.1, -0.05) is 37.3 Å². The molecule has 1 unspecified atom stereocenters. The zero-order valence-corrected chi connectivity index (χ0v) is 12.4. The first-order chi connectivity index (χ1) is 10.1. The van der Waals surface area contributed by atoms with Crippen LogP contribution in [0.4, 0.5) is 4.39 Å². The number of halogens is 1. The van der Waals surface area contributed by atoms with E-state index in [4.69, 9.17) is 0 Å². The topological polar surface area (TPSA) is 20.2 Å². The van der Waals surface area contributed by atoms with Crippen molar-refractivity contribution in [1.29, 1.82) is 0 Å². The van der Waals surface area contributed by atoms with Crippen molar-refractivity contribution in [2.45, 2.75) is 44.6 Å². The van der Waals surface area contributed by atoms with Gasteiger partial charge in [0.05, 0.1) is 5.60 Å². The summed E-state index contributed by atoms with van der Waals surface area (Å²) >= 11 is 0. The maximum absolute atomic E-state index is 13.4. The van der Waals surface area contributed by atoms with Crippen LogP contribution >= 0.6 is 0 Å². The van der Waals surface area contributed by atoms with E-state index in [0.29, 0.717) is 18.4 Å². The number of aryl methyl sites for hydroxylation is 2. The van der Waals surface area contributed by atoms with E-state index in [9.17, 15) is 9.50 Å². The Labute approximate surface area is 125 Å². The summed E-state index contributed by atoms with van der Waals surface area (Å²) in [6.45, 7) is 1.94. The maximum Gasteiger partial charge on any atom is 0.123 e. The van der Waals surface area contributed by atoms with Crippen LogP contribution in [-0.2, 0) is 24.9 Å². The van der Waals surface area contributed by atoms with Gasteiger partial charge in [0.15, 0.2) is 0 Å². The van der Waals surface area contributed by atoms with Gasteiger partial charge in [0.1, 0.15) is 5.82 Å². The van der Waals surface area contributed by atoms with Crippen LogP contribution in [-0.4, -0.2) is 5.11 Å². The number of benzene rings is 2. The average molecular weight is 284 g/mol. The van der Waals surface area contributed by atoms with Crippen molar-refractivity contribution in [3.63, 3.8) is 0 Å². The number of rotatable bonds is 4. The van der Waals surface area contributed by atoms with E-state index >= 15 is 0 Å². The first kappa shape index (κ1) is 14.3. The summed E-state index contributed by atoms with van der Waals surface area (Å²) in [6, 6.07) is 12.8. The van der Waals surface area contributed by atoms with Gasteiger partial charge < -0.3 is 5.11 Å². The summed E-state index contributed by atoms with van der Waals surface area (Å²) in [4.78, 5) is 0. The van der Waals surface area contributed by atoms with E-state index in [1.54, 1.807) is 12.1 Å². The van der Waals surface area contributed by atoms with Gasteiger partial charge in [-0.3, -0.25) is 0 Å². The highest BCUT2D eigenvalue weighted by Crippen LogP contribution is 2.31. The molecule has 1 nitrogen and oxygen atoms in total. The third-order valence-electron chi connectivity index (χ3n) is 4.61. The summed E-state index contributed by atoms with van der Waals surface area (Å²) in [7, 11) is 0. The second-order valence-electron chi connectivity index (χ2n) is 6.03. The van der Waals surface area contributed by atoms with Gasteiger partial charge in [-0.05, 0) is 60.1 Å². The first-order valence-corrected chi connectivity index (χ1v) is 7.70. The van der Waals surface area contributed by atoms with Crippen LogP contribution in [0.3, 0.4) is 0 Å². The number of hydrogen-bond acceptors (Lipinski definition) is 1. The Bertz CT molecular complexity index is 650. The van der Waals surface area contributed by atoms with E-state index < -0.39 is 5.60 Å². The highest BCUT2D eigenvalue weighted by molar-refractivity contribution is 5.37. The minimum Gasteiger partial charge on any atom is -0.385 e. The van der Waals surface area contributed by atoms with Gasteiger partial charge in [-0.15, -0.1) is 0 Å². The minimum absolute atomic E-state index is 0.298. The van der Waals surface area contributed by atoms with E-state index in [1.807, 2.05) is 6.92 Å². The van der Waals surface area contributed by atoms with E-state index in [-0.39, 0.29) is 5.82 Å². The fourth-order valence-corrected chi connectivity index (χ4v) is 3.28. The second-order valence-corrected chi connectivity index (χ2v) is 6.03. The molecule has 0 heterocycles. The summed E-state index contributed by atoms with van der Waals surface area (Å²) in [5, 5.41) is 11.0. The van der Waals surface area contributed by atoms with E-state index in [0.717, 1.165) is 18.4 Å². The van der Waals surface area contributed by atoms with Gasteiger partial charge in [0.25, 0.3) is 0 Å². The second kappa shape index (κ2) is 5.61. The van der Waals surface area contributed by atoms with Crippen LogP contribution in [0.2, 0.25) is 0 Å². The molecule has 2 heteroatoms. The van der Waals surface area contributed by atoms with Gasteiger partial charge in [0.2, 0.25) is 0 Å². The van der Waals surface area contributed by atoms with Crippen LogP contribution in [0.1, 0.15) is 42.0 Å². The largest absolute Gasteiger partial charge is 0.385 e. The van der Waals surface area contributed by atoms with Gasteiger partial charge in [-0.2, -0.15) is 0 Å². The fraction of sp³-hybridized carbons (Fsp3) is 0.368. The number of aliphatic hydroxyl groups is 1. The molecule has 1 aliphatic carbocycles. The molecule has 0 aliphatic heterocycles. The lowest BCUT2D eigenvalue weighted by atomic mass is 9.84. The monoisotopic (exact) mass is 284 g/mol. The van der Waals surface area contributed by atoms with Crippen LogP contribution < -0.4 is 0 Å². The predicted octanol–water partition coefficient (Wildman–Crippen LogP) is 4.15. The lowest BCUT2D eigenvalue weighted by Crippen LogP contribution is -2.27. The van der Waals surface area contributed by atoms with Gasteiger partial charge in [-0.25, -0.2) is 4.39 Å². The quantitative estimate of drug-likeness (QED) is 0.894. The lowest BCUT2D eigenvalue weighted by molar-refractivity contribution is 0.0324. The molecule has 2 aromatic carbocycles. The highest BCUT2D eigenvalue weighted by Gasteiger charge is 2.28. The van der Waals surface area contributed by atoms with Crippen LogP contribution in [0.5, 0.6) is 0 Å². The van der Waals surface area contributed by atoms with Crippen LogP contribution in [0.15, 0.2) is 42.5 Å². The van der Waals surface area contributed by atoms with Crippen molar-refractivity contribution in [2.24, 2.45) is 0 Å². The predicted molar refractivity (Wildman–Crippen MR) is 82.8 cm³/mol. The molecule has 0 radical (unpaired) electrons. The Kier molecular flexibility index (Phi) is 3.81. The number of hydrogen-bond donors (Lipinski definition) is 1. The molecule has 1 atom stereocenters. The van der Waals surface area contributed by atoms with Crippen molar-refractivity contribution in [1.82, 2.24) is 0 Å². The molecule has 1 N–H and O–H groups in total. The first-order valence-electron chi connectivity index (χ1n) is 7.70. The summed E-state index contributed by atoms with van der Waals surface area (Å²) in [5.74, 6) is -0.298. The summed E-state index contributed by atoms with van der Waals surface area (Å²) in [6.07, 6.45) is 4.61. The molecule has 1 aliphatic rings. The Hall–Kier alpha value is -1.67. The van der Waals surface area contributed by atoms with Crippen molar-refractivity contribution >= 4 is 0 Å². The third-order valence-corrected chi connectivity index (χ3v) is 4.61. The average Bonchev–Trinajstić information content (AvgIpc) is 2.94. The Balaban J connectivity index is 1.90. The molecule has 2 aromatic rings. The van der Waals surface area contributed by atoms with Gasteiger partial charge >= 0.3 is 0 Å². The Morgan fingerprint density at radius 2 is 1.90 bits per heavy atom. The molecule has 21 heavy (non-hydrogen) atoms. The molecule has 0 spiro atoms. The van der Waals surface area contributed by atoms with Crippen molar-refractivity contribution in [3.8, 4) is 0 Å².